The summed E-state index contributed by atoms with van der Waals surface area (Å²) in [5.74, 6) is -0.600. The first-order valence-corrected chi connectivity index (χ1v) is 5.86. The van der Waals surface area contributed by atoms with Gasteiger partial charge in [0.15, 0.2) is 0 Å². The number of nitrogens with zero attached hydrogens (tertiary/aromatic N) is 2. The van der Waals surface area contributed by atoms with Crippen LogP contribution in [0.4, 0.5) is 23.4 Å². The van der Waals surface area contributed by atoms with Gasteiger partial charge in [-0.3, -0.25) is 0 Å². The SMILES string of the molecule is CN(Cc1cccc(F)c1)c1ncccc1C(F)(F)F. The lowest BCUT2D eigenvalue weighted by atomic mass is 10.2. The molecule has 0 saturated carbocycles. The number of hydrogen-bond acceptors (Lipinski definition) is 2. The number of aromatic nitrogens is 1. The van der Waals surface area contributed by atoms with Crippen molar-refractivity contribution in [2.75, 3.05) is 11.9 Å². The van der Waals surface area contributed by atoms with Gasteiger partial charge in [-0.05, 0) is 29.8 Å². The van der Waals surface area contributed by atoms with E-state index in [1.807, 2.05) is 0 Å². The van der Waals surface area contributed by atoms with Crippen LogP contribution in [-0.4, -0.2) is 12.0 Å². The summed E-state index contributed by atoms with van der Waals surface area (Å²) in [6.45, 7) is 0.137. The number of rotatable bonds is 3. The van der Waals surface area contributed by atoms with Crippen LogP contribution in [0.2, 0.25) is 0 Å². The maximum absolute atomic E-state index is 13.1. The van der Waals surface area contributed by atoms with Gasteiger partial charge in [-0.15, -0.1) is 0 Å². The third-order valence-corrected chi connectivity index (χ3v) is 2.76. The number of hydrogen-bond donors (Lipinski definition) is 0. The van der Waals surface area contributed by atoms with Gasteiger partial charge in [-0.2, -0.15) is 13.2 Å². The first-order chi connectivity index (χ1) is 9.38. The number of halogens is 4. The zero-order valence-corrected chi connectivity index (χ0v) is 10.7. The summed E-state index contributed by atoms with van der Waals surface area (Å²) < 4.78 is 51.7. The van der Waals surface area contributed by atoms with Gasteiger partial charge in [0, 0.05) is 19.8 Å². The molecule has 1 heterocycles. The zero-order chi connectivity index (χ0) is 14.8. The van der Waals surface area contributed by atoms with Crippen LogP contribution in [0.25, 0.3) is 0 Å². The second-order valence-electron chi connectivity index (χ2n) is 4.36. The Bertz CT molecular complexity index is 596. The van der Waals surface area contributed by atoms with E-state index < -0.39 is 17.6 Å². The number of benzene rings is 1. The highest BCUT2D eigenvalue weighted by Gasteiger charge is 2.35. The Morgan fingerprint density at radius 1 is 1.15 bits per heavy atom. The normalized spacial score (nSPS) is 11.4. The number of pyridine rings is 1. The van der Waals surface area contributed by atoms with E-state index in [1.165, 1.54) is 42.4 Å². The minimum Gasteiger partial charge on any atom is -0.355 e. The van der Waals surface area contributed by atoms with Crippen LogP contribution in [0.3, 0.4) is 0 Å². The molecule has 0 aliphatic carbocycles. The summed E-state index contributed by atoms with van der Waals surface area (Å²) in [7, 11) is 1.49. The lowest BCUT2D eigenvalue weighted by Gasteiger charge is -2.22. The summed E-state index contributed by atoms with van der Waals surface area (Å²) in [6.07, 6.45) is -3.17. The average Bonchev–Trinajstić information content (AvgIpc) is 2.37. The Kier molecular flexibility index (Phi) is 3.92. The Morgan fingerprint density at radius 3 is 2.55 bits per heavy atom. The van der Waals surface area contributed by atoms with Crippen LogP contribution in [0.15, 0.2) is 42.6 Å². The Balaban J connectivity index is 2.28. The van der Waals surface area contributed by atoms with E-state index >= 15 is 0 Å². The van der Waals surface area contributed by atoms with Gasteiger partial charge in [0.2, 0.25) is 0 Å². The van der Waals surface area contributed by atoms with Crippen LogP contribution >= 0.6 is 0 Å². The fourth-order valence-electron chi connectivity index (χ4n) is 1.91. The van der Waals surface area contributed by atoms with Crippen molar-refractivity contribution in [2.45, 2.75) is 12.7 Å². The molecule has 2 aromatic rings. The summed E-state index contributed by atoms with van der Waals surface area (Å²) >= 11 is 0. The molecule has 1 aromatic carbocycles. The minimum absolute atomic E-state index is 0.137. The molecular formula is C14H12F4N2. The molecule has 0 aliphatic rings. The first kappa shape index (κ1) is 14.3. The molecule has 2 rings (SSSR count). The summed E-state index contributed by atoms with van der Waals surface area (Å²) in [4.78, 5) is 5.12. The molecular weight excluding hydrogens is 272 g/mol. The van der Waals surface area contributed by atoms with Crippen LogP contribution in [0.1, 0.15) is 11.1 Å². The van der Waals surface area contributed by atoms with Gasteiger partial charge < -0.3 is 4.90 Å². The van der Waals surface area contributed by atoms with Crippen molar-refractivity contribution in [1.29, 1.82) is 0 Å². The van der Waals surface area contributed by atoms with Crippen LogP contribution in [0.5, 0.6) is 0 Å². The number of alkyl halides is 3. The minimum atomic E-state index is -4.47. The predicted molar refractivity (Wildman–Crippen MR) is 67.7 cm³/mol. The fraction of sp³-hybridized carbons (Fsp3) is 0.214. The maximum atomic E-state index is 13.1. The van der Waals surface area contributed by atoms with E-state index in [4.69, 9.17) is 0 Å². The zero-order valence-electron chi connectivity index (χ0n) is 10.7. The highest BCUT2D eigenvalue weighted by atomic mass is 19.4. The molecule has 0 aliphatic heterocycles. The molecule has 0 amide bonds. The molecule has 6 heteroatoms. The fourth-order valence-corrected chi connectivity index (χ4v) is 1.91. The quantitative estimate of drug-likeness (QED) is 0.795. The van der Waals surface area contributed by atoms with Crippen molar-refractivity contribution >= 4 is 5.82 Å². The van der Waals surface area contributed by atoms with Gasteiger partial charge in [0.25, 0.3) is 0 Å². The molecule has 2 nitrogen and oxygen atoms in total. The topological polar surface area (TPSA) is 16.1 Å². The molecule has 0 unspecified atom stereocenters. The van der Waals surface area contributed by atoms with Gasteiger partial charge >= 0.3 is 6.18 Å². The second-order valence-corrected chi connectivity index (χ2v) is 4.36. The first-order valence-electron chi connectivity index (χ1n) is 5.86. The third-order valence-electron chi connectivity index (χ3n) is 2.76. The van der Waals surface area contributed by atoms with Gasteiger partial charge in [0.05, 0.1) is 5.56 Å². The van der Waals surface area contributed by atoms with Crippen LogP contribution in [0, 0.1) is 5.82 Å². The van der Waals surface area contributed by atoms with Crippen molar-refractivity contribution in [1.82, 2.24) is 4.98 Å². The summed E-state index contributed by atoms with van der Waals surface area (Å²) in [5, 5.41) is 0. The van der Waals surface area contributed by atoms with Gasteiger partial charge in [-0.1, -0.05) is 12.1 Å². The standard InChI is InChI=1S/C14H12F4N2/c1-20(9-10-4-2-5-11(15)8-10)13-12(14(16,17)18)6-3-7-19-13/h2-8H,9H2,1H3. The molecule has 0 spiro atoms. The molecule has 20 heavy (non-hydrogen) atoms. The monoisotopic (exact) mass is 284 g/mol. The molecule has 0 atom stereocenters. The average molecular weight is 284 g/mol. The molecule has 0 radical (unpaired) electrons. The molecule has 106 valence electrons. The van der Waals surface area contributed by atoms with E-state index in [9.17, 15) is 17.6 Å². The van der Waals surface area contributed by atoms with Crippen molar-refractivity contribution < 1.29 is 17.6 Å². The highest BCUT2D eigenvalue weighted by Crippen LogP contribution is 2.35. The predicted octanol–water partition coefficient (Wildman–Crippen LogP) is 3.88. The van der Waals surface area contributed by atoms with E-state index in [0.29, 0.717) is 5.56 Å². The Hall–Kier alpha value is -2.11. The molecule has 0 N–H and O–H groups in total. The second kappa shape index (κ2) is 5.48. The lowest BCUT2D eigenvalue weighted by molar-refractivity contribution is -0.137. The third kappa shape index (κ3) is 3.26. The van der Waals surface area contributed by atoms with E-state index in [1.54, 1.807) is 6.07 Å². The van der Waals surface area contributed by atoms with Gasteiger partial charge in [-0.25, -0.2) is 9.37 Å². The Morgan fingerprint density at radius 2 is 1.90 bits per heavy atom. The number of anilines is 1. The molecule has 0 saturated heterocycles. The molecule has 0 fully saturated rings. The summed E-state index contributed by atoms with van der Waals surface area (Å²) in [5.41, 5.74) is -0.231. The smallest absolute Gasteiger partial charge is 0.355 e. The van der Waals surface area contributed by atoms with Crippen molar-refractivity contribution in [2.24, 2.45) is 0 Å². The largest absolute Gasteiger partial charge is 0.419 e. The van der Waals surface area contributed by atoms with Crippen molar-refractivity contribution in [3.63, 3.8) is 0 Å². The van der Waals surface area contributed by atoms with E-state index in [2.05, 4.69) is 4.98 Å². The summed E-state index contributed by atoms with van der Waals surface area (Å²) in [6, 6.07) is 7.95. The van der Waals surface area contributed by atoms with Crippen LogP contribution < -0.4 is 4.90 Å². The highest BCUT2D eigenvalue weighted by molar-refractivity contribution is 5.48. The Labute approximate surface area is 113 Å². The van der Waals surface area contributed by atoms with Gasteiger partial charge in [0.1, 0.15) is 11.6 Å². The van der Waals surface area contributed by atoms with E-state index in [0.717, 1.165) is 6.07 Å². The molecule has 1 aromatic heterocycles. The van der Waals surface area contributed by atoms with E-state index in [-0.39, 0.29) is 12.4 Å². The maximum Gasteiger partial charge on any atom is 0.419 e. The van der Waals surface area contributed by atoms with Crippen LogP contribution in [-0.2, 0) is 12.7 Å². The molecule has 0 bridgehead atoms. The van der Waals surface area contributed by atoms with Crippen molar-refractivity contribution in [3.05, 3.63) is 59.5 Å². The lowest BCUT2D eigenvalue weighted by Crippen LogP contribution is -2.22. The van der Waals surface area contributed by atoms with Crippen molar-refractivity contribution in [3.8, 4) is 0 Å².